The molecule has 0 bridgehead atoms. The van der Waals surface area contributed by atoms with E-state index >= 15 is 0 Å². The predicted octanol–water partition coefficient (Wildman–Crippen LogP) is 3.10. The Hall–Kier alpha value is -1.22. The van der Waals surface area contributed by atoms with E-state index in [4.69, 9.17) is 12.6 Å². The first-order chi connectivity index (χ1) is 9.76. The monoisotopic (exact) mass is 265 g/mol. The summed E-state index contributed by atoms with van der Waals surface area (Å²) in [5, 5.41) is 1.25. The van der Waals surface area contributed by atoms with Crippen molar-refractivity contribution in [2.45, 2.75) is 50.2 Å². The van der Waals surface area contributed by atoms with Crippen LogP contribution in [0.1, 0.15) is 44.6 Å². The highest BCUT2D eigenvalue weighted by Crippen LogP contribution is 2.43. The summed E-state index contributed by atoms with van der Waals surface area (Å²) in [7, 11) is 5.86. The molecule has 2 nitrogen and oxygen atoms in total. The van der Waals surface area contributed by atoms with Crippen molar-refractivity contribution in [1.82, 2.24) is 4.57 Å². The zero-order valence-electron chi connectivity index (χ0n) is 11.8. The van der Waals surface area contributed by atoms with Gasteiger partial charge in [0.15, 0.2) is 0 Å². The summed E-state index contributed by atoms with van der Waals surface area (Å²) in [5.74, 6) is 0. The number of aromatic nitrogens is 1. The SMILES string of the molecule is [B]c1ccc2c(ccn2C2CCC3(CCCO3)CC2)c1. The molecule has 1 aliphatic carbocycles. The molecule has 2 fully saturated rings. The van der Waals surface area contributed by atoms with E-state index in [2.05, 4.69) is 29.0 Å². The van der Waals surface area contributed by atoms with Gasteiger partial charge in [0.05, 0.1) is 5.60 Å². The van der Waals surface area contributed by atoms with Crippen LogP contribution in [0.5, 0.6) is 0 Å². The van der Waals surface area contributed by atoms with Gasteiger partial charge < -0.3 is 9.30 Å². The molecule has 1 aromatic heterocycles. The zero-order valence-corrected chi connectivity index (χ0v) is 11.8. The van der Waals surface area contributed by atoms with Crippen molar-refractivity contribution in [2.24, 2.45) is 0 Å². The number of benzene rings is 1. The second-order valence-corrected chi connectivity index (χ2v) is 6.41. The molecule has 3 heteroatoms. The number of ether oxygens (including phenoxy) is 1. The van der Waals surface area contributed by atoms with Crippen LogP contribution in [0, 0.1) is 0 Å². The Kier molecular flexibility index (Phi) is 2.92. The van der Waals surface area contributed by atoms with Gasteiger partial charge in [-0.05, 0) is 56.0 Å². The molecule has 102 valence electrons. The minimum absolute atomic E-state index is 0.226. The van der Waals surface area contributed by atoms with E-state index in [-0.39, 0.29) is 5.60 Å². The quantitative estimate of drug-likeness (QED) is 0.723. The zero-order chi connectivity index (χ0) is 13.6. The highest BCUT2D eigenvalue weighted by Gasteiger charge is 2.39. The minimum Gasteiger partial charge on any atom is -0.375 e. The first-order valence-electron chi connectivity index (χ1n) is 7.76. The van der Waals surface area contributed by atoms with Crippen molar-refractivity contribution < 1.29 is 4.74 Å². The Labute approximate surface area is 121 Å². The molecule has 0 N–H and O–H groups in total. The van der Waals surface area contributed by atoms with Gasteiger partial charge in [-0.1, -0.05) is 17.6 Å². The minimum atomic E-state index is 0.226. The number of fused-ring (bicyclic) bond motifs is 1. The van der Waals surface area contributed by atoms with Crippen LogP contribution in [0.3, 0.4) is 0 Å². The van der Waals surface area contributed by atoms with Gasteiger partial charge in [-0.3, -0.25) is 0 Å². The Morgan fingerprint density at radius 2 is 2.00 bits per heavy atom. The fourth-order valence-corrected chi connectivity index (χ4v) is 4.06. The van der Waals surface area contributed by atoms with E-state index in [0.717, 1.165) is 12.1 Å². The predicted molar refractivity (Wildman–Crippen MR) is 82.7 cm³/mol. The molecule has 2 radical (unpaired) electrons. The van der Waals surface area contributed by atoms with Crippen molar-refractivity contribution in [2.75, 3.05) is 6.61 Å². The molecule has 2 heterocycles. The second-order valence-electron chi connectivity index (χ2n) is 6.41. The summed E-state index contributed by atoms with van der Waals surface area (Å²) in [6, 6.07) is 9.02. The third-order valence-corrected chi connectivity index (χ3v) is 5.19. The molecule has 1 aromatic carbocycles. The van der Waals surface area contributed by atoms with Gasteiger partial charge in [0, 0.05) is 24.4 Å². The molecule has 1 saturated carbocycles. The summed E-state index contributed by atoms with van der Waals surface area (Å²) < 4.78 is 8.47. The fraction of sp³-hybridized carbons (Fsp3) is 0.529. The van der Waals surface area contributed by atoms with Gasteiger partial charge in [0.25, 0.3) is 0 Å². The van der Waals surface area contributed by atoms with Crippen LogP contribution < -0.4 is 5.46 Å². The van der Waals surface area contributed by atoms with E-state index in [1.807, 2.05) is 6.07 Å². The van der Waals surface area contributed by atoms with Crippen molar-refractivity contribution in [3.63, 3.8) is 0 Å². The summed E-state index contributed by atoms with van der Waals surface area (Å²) >= 11 is 0. The average molecular weight is 265 g/mol. The lowest BCUT2D eigenvalue weighted by molar-refractivity contribution is -0.0328. The smallest absolute Gasteiger partial charge is 0.113 e. The summed E-state index contributed by atoms with van der Waals surface area (Å²) in [5.41, 5.74) is 2.38. The highest BCUT2D eigenvalue weighted by atomic mass is 16.5. The molecule has 0 atom stereocenters. The van der Waals surface area contributed by atoms with Crippen molar-refractivity contribution in [3.8, 4) is 0 Å². The van der Waals surface area contributed by atoms with Gasteiger partial charge in [0.2, 0.25) is 0 Å². The maximum absolute atomic E-state index is 6.02. The van der Waals surface area contributed by atoms with Crippen LogP contribution in [0.2, 0.25) is 0 Å². The van der Waals surface area contributed by atoms with Crippen LogP contribution >= 0.6 is 0 Å². The third kappa shape index (κ3) is 2.00. The Morgan fingerprint density at radius 3 is 2.75 bits per heavy atom. The Balaban J connectivity index is 1.58. The topological polar surface area (TPSA) is 14.2 Å². The van der Waals surface area contributed by atoms with Gasteiger partial charge in [-0.2, -0.15) is 0 Å². The lowest BCUT2D eigenvalue weighted by atomic mass is 9.80. The van der Waals surface area contributed by atoms with Crippen LogP contribution in [-0.4, -0.2) is 24.6 Å². The number of nitrogens with zero attached hydrogens (tertiary/aromatic N) is 1. The number of rotatable bonds is 1. The van der Waals surface area contributed by atoms with Crippen molar-refractivity contribution in [1.29, 1.82) is 0 Å². The third-order valence-electron chi connectivity index (χ3n) is 5.19. The molecule has 2 aromatic rings. The lowest BCUT2D eigenvalue weighted by Gasteiger charge is -2.37. The van der Waals surface area contributed by atoms with Crippen LogP contribution in [0.25, 0.3) is 10.9 Å². The Morgan fingerprint density at radius 1 is 1.15 bits per heavy atom. The fourth-order valence-electron chi connectivity index (χ4n) is 4.06. The van der Waals surface area contributed by atoms with E-state index in [0.29, 0.717) is 6.04 Å². The average Bonchev–Trinajstić information content (AvgIpc) is 3.07. The van der Waals surface area contributed by atoms with E-state index in [1.165, 1.54) is 49.4 Å². The number of hydrogen-bond donors (Lipinski definition) is 0. The number of hydrogen-bond acceptors (Lipinski definition) is 1. The largest absolute Gasteiger partial charge is 0.375 e. The van der Waals surface area contributed by atoms with Gasteiger partial charge in [0.1, 0.15) is 7.85 Å². The summed E-state index contributed by atoms with van der Waals surface area (Å²) in [6.45, 7) is 0.969. The first kappa shape index (κ1) is 12.5. The summed E-state index contributed by atoms with van der Waals surface area (Å²) in [6.07, 6.45) is 9.63. The van der Waals surface area contributed by atoms with E-state index in [9.17, 15) is 0 Å². The van der Waals surface area contributed by atoms with Crippen molar-refractivity contribution in [3.05, 3.63) is 30.5 Å². The van der Waals surface area contributed by atoms with Gasteiger partial charge in [-0.15, -0.1) is 0 Å². The first-order valence-corrected chi connectivity index (χ1v) is 7.76. The molecular weight excluding hydrogens is 245 g/mol. The van der Waals surface area contributed by atoms with Gasteiger partial charge >= 0.3 is 0 Å². The van der Waals surface area contributed by atoms with E-state index < -0.39 is 0 Å². The van der Waals surface area contributed by atoms with E-state index in [1.54, 1.807) is 0 Å². The highest BCUT2D eigenvalue weighted by molar-refractivity contribution is 6.33. The second kappa shape index (κ2) is 4.66. The van der Waals surface area contributed by atoms with Crippen LogP contribution in [0.15, 0.2) is 30.5 Å². The Bertz CT molecular complexity index is 617. The van der Waals surface area contributed by atoms with Crippen molar-refractivity contribution >= 4 is 24.2 Å². The molecule has 1 aliphatic heterocycles. The molecule has 0 amide bonds. The maximum atomic E-state index is 6.02. The maximum Gasteiger partial charge on any atom is 0.113 e. The molecular formula is C17H20BNO. The molecule has 0 unspecified atom stereocenters. The lowest BCUT2D eigenvalue weighted by Crippen LogP contribution is -2.33. The van der Waals surface area contributed by atoms with Gasteiger partial charge in [-0.25, -0.2) is 0 Å². The molecule has 4 rings (SSSR count). The van der Waals surface area contributed by atoms with Crippen LogP contribution in [-0.2, 0) is 4.74 Å². The molecule has 1 spiro atoms. The molecule has 1 saturated heterocycles. The molecule has 2 aliphatic rings. The standard InChI is InChI=1S/C17H20BNO/c18-14-2-3-16-13(12-14)6-10-19(16)15-4-8-17(9-5-15)7-1-11-20-17/h2-3,6,10,12,15H,1,4-5,7-9,11H2. The summed E-state index contributed by atoms with van der Waals surface area (Å²) in [4.78, 5) is 0. The van der Waals surface area contributed by atoms with Crippen LogP contribution in [0.4, 0.5) is 0 Å². The molecule has 20 heavy (non-hydrogen) atoms. The normalized spacial score (nSPS) is 30.3.